The van der Waals surface area contributed by atoms with Crippen LogP contribution in [0.5, 0.6) is 0 Å². The van der Waals surface area contributed by atoms with E-state index in [-0.39, 0.29) is 11.4 Å². The third-order valence-corrected chi connectivity index (χ3v) is 5.66. The van der Waals surface area contributed by atoms with E-state index in [9.17, 15) is 8.42 Å². The largest absolute Gasteiger partial charge is 0.398 e. The smallest absolute Gasteiger partial charge is 0.241 e. The highest BCUT2D eigenvalue weighted by atomic mass is 79.9. The minimum absolute atomic E-state index is 0.193. The van der Waals surface area contributed by atoms with Crippen molar-refractivity contribution in [2.24, 2.45) is 0 Å². The van der Waals surface area contributed by atoms with Crippen LogP contribution in [0, 0.1) is 6.92 Å². The summed E-state index contributed by atoms with van der Waals surface area (Å²) in [6.45, 7) is 1.95. The highest BCUT2D eigenvalue weighted by Gasteiger charge is 2.18. The second-order valence-corrected chi connectivity index (χ2v) is 8.10. The zero-order chi connectivity index (χ0) is 15.6. The van der Waals surface area contributed by atoms with Crippen LogP contribution in [0.1, 0.15) is 11.1 Å². The van der Waals surface area contributed by atoms with E-state index in [2.05, 4.69) is 36.6 Å². The van der Waals surface area contributed by atoms with E-state index in [0.29, 0.717) is 15.7 Å². The number of halogens is 2. The Morgan fingerprint density at radius 1 is 1.19 bits per heavy atom. The van der Waals surface area contributed by atoms with Crippen molar-refractivity contribution in [1.29, 1.82) is 0 Å². The molecular weight excluding hydrogens is 420 g/mol. The molecule has 2 rings (SSSR count). The number of nitrogens with one attached hydrogen (secondary N) is 1. The lowest BCUT2D eigenvalue weighted by Gasteiger charge is -2.11. The first-order valence-electron chi connectivity index (χ1n) is 6.09. The SMILES string of the molecule is Cc1cc(Br)c(N)cc1S(=O)(=O)NCc1cccc(Br)c1. The van der Waals surface area contributed by atoms with Crippen LogP contribution >= 0.6 is 31.9 Å². The lowest BCUT2D eigenvalue weighted by Crippen LogP contribution is -2.24. The Morgan fingerprint density at radius 3 is 2.57 bits per heavy atom. The number of aryl methyl sites for hydroxylation is 1. The van der Waals surface area contributed by atoms with Gasteiger partial charge in [0.2, 0.25) is 10.0 Å². The third kappa shape index (κ3) is 4.06. The first-order chi connectivity index (χ1) is 9.79. The maximum Gasteiger partial charge on any atom is 0.241 e. The molecule has 0 fully saturated rings. The second-order valence-electron chi connectivity index (χ2n) is 4.59. The van der Waals surface area contributed by atoms with Gasteiger partial charge in [-0.15, -0.1) is 0 Å². The molecular formula is C14H14Br2N2O2S. The minimum atomic E-state index is -3.61. The molecule has 0 aliphatic carbocycles. The van der Waals surface area contributed by atoms with Gasteiger partial charge in [0, 0.05) is 21.2 Å². The first kappa shape index (κ1) is 16.5. The van der Waals surface area contributed by atoms with Gasteiger partial charge in [-0.1, -0.05) is 28.1 Å². The average molecular weight is 434 g/mol. The summed E-state index contributed by atoms with van der Waals surface area (Å²) in [5.41, 5.74) is 7.67. The van der Waals surface area contributed by atoms with Gasteiger partial charge in [-0.05, 0) is 58.2 Å². The fourth-order valence-corrected chi connectivity index (χ4v) is 4.04. The van der Waals surface area contributed by atoms with E-state index in [0.717, 1.165) is 10.0 Å². The fraction of sp³-hybridized carbons (Fsp3) is 0.143. The third-order valence-electron chi connectivity index (χ3n) is 2.94. The van der Waals surface area contributed by atoms with Crippen molar-refractivity contribution in [3.63, 3.8) is 0 Å². The lowest BCUT2D eigenvalue weighted by atomic mass is 10.2. The Bertz CT molecular complexity index is 777. The molecule has 21 heavy (non-hydrogen) atoms. The predicted octanol–water partition coefficient (Wildman–Crippen LogP) is 3.58. The topological polar surface area (TPSA) is 72.2 Å². The summed E-state index contributed by atoms with van der Waals surface area (Å²) in [4.78, 5) is 0.193. The van der Waals surface area contributed by atoms with Crippen molar-refractivity contribution in [3.05, 3.63) is 56.5 Å². The first-order valence-corrected chi connectivity index (χ1v) is 9.16. The van der Waals surface area contributed by atoms with E-state index in [1.807, 2.05) is 24.3 Å². The molecule has 0 heterocycles. The molecule has 112 valence electrons. The van der Waals surface area contributed by atoms with Gasteiger partial charge in [-0.3, -0.25) is 0 Å². The molecule has 3 N–H and O–H groups in total. The summed E-state index contributed by atoms with van der Waals surface area (Å²) in [7, 11) is -3.61. The molecule has 0 saturated heterocycles. The van der Waals surface area contributed by atoms with E-state index in [4.69, 9.17) is 5.73 Å². The summed E-state index contributed by atoms with van der Waals surface area (Å²) >= 11 is 6.64. The molecule has 0 aliphatic heterocycles. The predicted molar refractivity (Wildman–Crippen MR) is 91.5 cm³/mol. The monoisotopic (exact) mass is 432 g/mol. The van der Waals surface area contributed by atoms with Crippen molar-refractivity contribution < 1.29 is 8.42 Å². The van der Waals surface area contributed by atoms with Crippen LogP contribution in [0.25, 0.3) is 0 Å². The van der Waals surface area contributed by atoms with E-state index in [1.165, 1.54) is 6.07 Å². The van der Waals surface area contributed by atoms with Crippen molar-refractivity contribution >= 4 is 47.6 Å². The summed E-state index contributed by atoms with van der Waals surface area (Å²) in [6.07, 6.45) is 0. The van der Waals surface area contributed by atoms with Crippen molar-refractivity contribution in [2.75, 3.05) is 5.73 Å². The summed E-state index contributed by atoms with van der Waals surface area (Å²) in [6, 6.07) is 10.6. The van der Waals surface area contributed by atoms with E-state index in [1.54, 1.807) is 13.0 Å². The maximum atomic E-state index is 12.4. The van der Waals surface area contributed by atoms with Crippen LogP contribution in [-0.4, -0.2) is 8.42 Å². The molecule has 0 aromatic heterocycles. The Kier molecular flexibility index (Phi) is 5.08. The number of sulfonamides is 1. The van der Waals surface area contributed by atoms with E-state index >= 15 is 0 Å². The number of nitrogens with two attached hydrogens (primary N) is 1. The van der Waals surface area contributed by atoms with Crippen LogP contribution in [-0.2, 0) is 16.6 Å². The molecule has 0 aliphatic rings. The number of hydrogen-bond acceptors (Lipinski definition) is 3. The quantitative estimate of drug-likeness (QED) is 0.723. The van der Waals surface area contributed by atoms with Crippen LogP contribution in [0.4, 0.5) is 5.69 Å². The average Bonchev–Trinajstić information content (AvgIpc) is 2.41. The normalized spacial score (nSPS) is 11.6. The number of hydrogen-bond donors (Lipinski definition) is 2. The van der Waals surface area contributed by atoms with Gasteiger partial charge in [-0.2, -0.15) is 0 Å². The molecule has 0 bridgehead atoms. The van der Waals surface area contributed by atoms with Crippen molar-refractivity contribution in [2.45, 2.75) is 18.4 Å². The Morgan fingerprint density at radius 2 is 1.90 bits per heavy atom. The molecule has 2 aromatic carbocycles. The molecule has 2 aromatic rings. The summed E-state index contributed by atoms with van der Waals surface area (Å²) < 4.78 is 28.9. The molecule has 4 nitrogen and oxygen atoms in total. The zero-order valence-electron chi connectivity index (χ0n) is 11.2. The zero-order valence-corrected chi connectivity index (χ0v) is 15.2. The number of anilines is 1. The number of rotatable bonds is 4. The van der Waals surface area contributed by atoms with Gasteiger partial charge in [0.1, 0.15) is 0 Å². The lowest BCUT2D eigenvalue weighted by molar-refractivity contribution is 0.580. The van der Waals surface area contributed by atoms with Crippen LogP contribution in [0.15, 0.2) is 50.2 Å². The minimum Gasteiger partial charge on any atom is -0.398 e. The Labute approximate surface area is 141 Å². The summed E-state index contributed by atoms with van der Waals surface area (Å²) in [5.74, 6) is 0. The van der Waals surface area contributed by atoms with Crippen molar-refractivity contribution in [3.8, 4) is 0 Å². The Hall–Kier alpha value is -0.890. The standard InChI is InChI=1S/C14H14Br2N2O2S/c1-9-5-12(16)13(17)7-14(9)21(19,20)18-8-10-3-2-4-11(15)6-10/h2-7,18H,8,17H2,1H3. The van der Waals surface area contributed by atoms with Gasteiger partial charge in [0.25, 0.3) is 0 Å². The van der Waals surface area contributed by atoms with E-state index < -0.39 is 10.0 Å². The van der Waals surface area contributed by atoms with Gasteiger partial charge in [0.05, 0.1) is 4.90 Å². The number of nitrogen functional groups attached to an aromatic ring is 1. The number of benzene rings is 2. The molecule has 0 saturated carbocycles. The van der Waals surface area contributed by atoms with Gasteiger partial charge in [-0.25, -0.2) is 13.1 Å². The van der Waals surface area contributed by atoms with Crippen molar-refractivity contribution in [1.82, 2.24) is 4.72 Å². The highest BCUT2D eigenvalue weighted by Crippen LogP contribution is 2.26. The van der Waals surface area contributed by atoms with Gasteiger partial charge >= 0.3 is 0 Å². The molecule has 7 heteroatoms. The fourth-order valence-electron chi connectivity index (χ4n) is 1.86. The molecule has 0 spiro atoms. The molecule has 0 radical (unpaired) electrons. The van der Waals surface area contributed by atoms with Crippen LogP contribution in [0.2, 0.25) is 0 Å². The maximum absolute atomic E-state index is 12.4. The summed E-state index contributed by atoms with van der Waals surface area (Å²) in [5, 5.41) is 0. The van der Waals surface area contributed by atoms with Gasteiger partial charge in [0.15, 0.2) is 0 Å². The molecule has 0 atom stereocenters. The molecule has 0 unspecified atom stereocenters. The second kappa shape index (κ2) is 6.48. The molecule has 0 amide bonds. The van der Waals surface area contributed by atoms with Crippen LogP contribution in [0.3, 0.4) is 0 Å². The Balaban J connectivity index is 2.25. The van der Waals surface area contributed by atoms with Gasteiger partial charge < -0.3 is 5.73 Å². The van der Waals surface area contributed by atoms with Crippen LogP contribution < -0.4 is 10.5 Å². The highest BCUT2D eigenvalue weighted by molar-refractivity contribution is 9.10.